The first-order chi connectivity index (χ1) is 8.20. The van der Waals surface area contributed by atoms with Gasteiger partial charge in [-0.3, -0.25) is 4.79 Å². The Morgan fingerprint density at radius 2 is 2.47 bits per heavy atom. The highest BCUT2D eigenvalue weighted by molar-refractivity contribution is 6.17. The first kappa shape index (κ1) is 12.4. The average Bonchev–Trinajstić information content (AvgIpc) is 2.76. The van der Waals surface area contributed by atoms with Crippen LogP contribution in [-0.4, -0.2) is 39.3 Å². The normalized spacial score (nSPS) is 20.6. The summed E-state index contributed by atoms with van der Waals surface area (Å²) in [7, 11) is 1.87. The van der Waals surface area contributed by atoms with Crippen LogP contribution in [0.1, 0.15) is 29.8 Å². The Kier molecular flexibility index (Phi) is 4.05. The van der Waals surface area contributed by atoms with Crippen LogP contribution >= 0.6 is 11.6 Å². The monoisotopic (exact) mass is 255 g/mol. The van der Waals surface area contributed by atoms with E-state index >= 15 is 0 Å². The van der Waals surface area contributed by atoms with Crippen molar-refractivity contribution in [3.05, 3.63) is 18.2 Å². The average molecular weight is 256 g/mol. The molecule has 1 aromatic heterocycles. The number of aromatic nitrogens is 2. The van der Waals surface area contributed by atoms with Gasteiger partial charge in [0.2, 0.25) is 0 Å². The predicted molar refractivity (Wildman–Crippen MR) is 67.2 cm³/mol. The molecular formula is C12H18ClN3O. The van der Waals surface area contributed by atoms with E-state index in [1.165, 1.54) is 6.42 Å². The molecule has 1 aliphatic rings. The molecule has 5 heteroatoms. The van der Waals surface area contributed by atoms with Crippen molar-refractivity contribution in [2.75, 3.05) is 19.0 Å². The maximum absolute atomic E-state index is 12.2. The topological polar surface area (TPSA) is 38.1 Å². The van der Waals surface area contributed by atoms with Crippen LogP contribution in [0.5, 0.6) is 0 Å². The van der Waals surface area contributed by atoms with Crippen LogP contribution in [0.25, 0.3) is 0 Å². The number of amides is 1. The second kappa shape index (κ2) is 5.54. The van der Waals surface area contributed by atoms with Gasteiger partial charge in [0.15, 0.2) is 0 Å². The summed E-state index contributed by atoms with van der Waals surface area (Å²) in [6.07, 6.45) is 6.67. The highest BCUT2D eigenvalue weighted by Crippen LogP contribution is 2.21. The molecule has 1 amide bonds. The molecule has 1 aliphatic heterocycles. The van der Waals surface area contributed by atoms with Gasteiger partial charge < -0.3 is 9.47 Å². The summed E-state index contributed by atoms with van der Waals surface area (Å²) in [5, 5.41) is 0. The molecule has 0 spiro atoms. The molecule has 0 N–H and O–H groups in total. The molecule has 94 valence electrons. The quantitative estimate of drug-likeness (QED) is 0.774. The van der Waals surface area contributed by atoms with Crippen molar-refractivity contribution in [1.29, 1.82) is 0 Å². The van der Waals surface area contributed by atoms with Gasteiger partial charge >= 0.3 is 0 Å². The number of aryl methyl sites for hydroxylation is 1. The van der Waals surface area contributed by atoms with Gasteiger partial charge in [-0.1, -0.05) is 0 Å². The van der Waals surface area contributed by atoms with Crippen molar-refractivity contribution in [2.24, 2.45) is 13.0 Å². The number of carbonyl (C=O) groups excluding carboxylic acids is 1. The number of alkyl halides is 1. The van der Waals surface area contributed by atoms with Gasteiger partial charge in [-0.05, 0) is 25.2 Å². The third-order valence-corrected chi connectivity index (χ3v) is 3.47. The molecule has 2 heterocycles. The summed E-state index contributed by atoms with van der Waals surface area (Å²) in [6.45, 7) is 1.66. The van der Waals surface area contributed by atoms with Gasteiger partial charge in [0.1, 0.15) is 5.69 Å². The smallest absolute Gasteiger partial charge is 0.274 e. The van der Waals surface area contributed by atoms with E-state index in [1.54, 1.807) is 17.1 Å². The summed E-state index contributed by atoms with van der Waals surface area (Å²) in [6, 6.07) is 0. The van der Waals surface area contributed by atoms with Crippen LogP contribution in [0.4, 0.5) is 0 Å². The van der Waals surface area contributed by atoms with Crippen molar-refractivity contribution >= 4 is 17.5 Å². The molecule has 0 aliphatic carbocycles. The van der Waals surface area contributed by atoms with Gasteiger partial charge in [-0.15, -0.1) is 11.6 Å². The molecule has 0 saturated carbocycles. The molecule has 1 saturated heterocycles. The number of likely N-dealkylation sites (tertiary alicyclic amines) is 1. The Labute approximate surface area is 107 Å². The lowest BCUT2D eigenvalue weighted by Crippen LogP contribution is -2.40. The van der Waals surface area contributed by atoms with Crippen LogP contribution in [-0.2, 0) is 7.05 Å². The fourth-order valence-electron chi connectivity index (χ4n) is 2.32. The Morgan fingerprint density at radius 3 is 3.12 bits per heavy atom. The zero-order chi connectivity index (χ0) is 12.3. The lowest BCUT2D eigenvalue weighted by Gasteiger charge is -2.32. The maximum Gasteiger partial charge on any atom is 0.274 e. The number of piperidine rings is 1. The SMILES string of the molecule is Cn1cnc(C(=O)N2CCCC(CCCl)C2)c1. The number of hydrogen-bond acceptors (Lipinski definition) is 2. The second-order valence-electron chi connectivity index (χ2n) is 4.66. The summed E-state index contributed by atoms with van der Waals surface area (Å²) >= 11 is 5.76. The van der Waals surface area contributed by atoms with Gasteiger partial charge in [0, 0.05) is 32.2 Å². The highest BCUT2D eigenvalue weighted by atomic mass is 35.5. The standard InChI is InChI=1S/C12H18ClN3O/c1-15-8-11(14-9-15)12(17)16-6-2-3-10(7-16)4-5-13/h8-10H,2-7H2,1H3. The van der Waals surface area contributed by atoms with E-state index in [0.29, 0.717) is 17.5 Å². The van der Waals surface area contributed by atoms with E-state index in [9.17, 15) is 4.79 Å². The molecule has 0 bridgehead atoms. The van der Waals surface area contributed by atoms with Crippen LogP contribution in [0.3, 0.4) is 0 Å². The minimum atomic E-state index is 0.0462. The molecule has 1 unspecified atom stereocenters. The maximum atomic E-state index is 12.2. The van der Waals surface area contributed by atoms with Crippen LogP contribution in [0.15, 0.2) is 12.5 Å². The molecule has 4 nitrogen and oxygen atoms in total. The van der Waals surface area contributed by atoms with E-state index < -0.39 is 0 Å². The van der Waals surface area contributed by atoms with Crippen molar-refractivity contribution < 1.29 is 4.79 Å². The van der Waals surface area contributed by atoms with E-state index in [-0.39, 0.29) is 5.91 Å². The van der Waals surface area contributed by atoms with Crippen LogP contribution < -0.4 is 0 Å². The molecule has 1 atom stereocenters. The van der Waals surface area contributed by atoms with Crippen molar-refractivity contribution in [3.63, 3.8) is 0 Å². The molecule has 2 rings (SSSR count). The Morgan fingerprint density at radius 1 is 1.65 bits per heavy atom. The highest BCUT2D eigenvalue weighted by Gasteiger charge is 2.25. The van der Waals surface area contributed by atoms with Gasteiger partial charge in [-0.25, -0.2) is 4.98 Å². The number of hydrogen-bond donors (Lipinski definition) is 0. The Balaban J connectivity index is 1.99. The lowest BCUT2D eigenvalue weighted by atomic mass is 9.95. The Hall–Kier alpha value is -1.03. The predicted octanol–water partition coefficient (Wildman–Crippen LogP) is 1.90. The van der Waals surface area contributed by atoms with Crippen molar-refractivity contribution in [1.82, 2.24) is 14.5 Å². The third-order valence-electron chi connectivity index (χ3n) is 3.25. The number of carbonyl (C=O) groups is 1. The fourth-order valence-corrected chi connectivity index (χ4v) is 2.63. The second-order valence-corrected chi connectivity index (χ2v) is 5.04. The molecule has 0 aromatic carbocycles. The van der Waals surface area contributed by atoms with Gasteiger partial charge in [0.05, 0.1) is 6.33 Å². The van der Waals surface area contributed by atoms with E-state index in [0.717, 1.165) is 25.9 Å². The number of halogens is 1. The molecule has 17 heavy (non-hydrogen) atoms. The number of nitrogens with zero attached hydrogens (tertiary/aromatic N) is 3. The minimum absolute atomic E-state index is 0.0462. The van der Waals surface area contributed by atoms with Crippen LogP contribution in [0, 0.1) is 5.92 Å². The van der Waals surface area contributed by atoms with Gasteiger partial charge in [0.25, 0.3) is 5.91 Å². The fraction of sp³-hybridized carbons (Fsp3) is 0.667. The number of rotatable bonds is 3. The summed E-state index contributed by atoms with van der Waals surface area (Å²) in [5.41, 5.74) is 0.541. The number of imidazole rings is 1. The minimum Gasteiger partial charge on any atom is -0.340 e. The zero-order valence-corrected chi connectivity index (χ0v) is 10.9. The van der Waals surface area contributed by atoms with Crippen molar-refractivity contribution in [2.45, 2.75) is 19.3 Å². The lowest BCUT2D eigenvalue weighted by molar-refractivity contribution is 0.0666. The molecule has 1 fully saturated rings. The van der Waals surface area contributed by atoms with E-state index in [4.69, 9.17) is 11.6 Å². The Bertz CT molecular complexity index is 389. The van der Waals surface area contributed by atoms with Crippen LogP contribution in [0.2, 0.25) is 0 Å². The first-order valence-corrected chi connectivity index (χ1v) is 6.57. The third kappa shape index (κ3) is 3.00. The van der Waals surface area contributed by atoms with E-state index in [2.05, 4.69) is 4.98 Å². The van der Waals surface area contributed by atoms with Crippen molar-refractivity contribution in [3.8, 4) is 0 Å². The first-order valence-electron chi connectivity index (χ1n) is 6.04. The summed E-state index contributed by atoms with van der Waals surface area (Å²) < 4.78 is 1.80. The summed E-state index contributed by atoms with van der Waals surface area (Å²) in [5.74, 6) is 1.27. The zero-order valence-electron chi connectivity index (χ0n) is 10.1. The largest absolute Gasteiger partial charge is 0.340 e. The van der Waals surface area contributed by atoms with E-state index in [1.807, 2.05) is 11.9 Å². The van der Waals surface area contributed by atoms with Gasteiger partial charge in [-0.2, -0.15) is 0 Å². The molecule has 1 aromatic rings. The molecular weight excluding hydrogens is 238 g/mol. The molecule has 0 radical (unpaired) electrons. The summed E-state index contributed by atoms with van der Waals surface area (Å²) in [4.78, 5) is 18.2.